The first-order chi connectivity index (χ1) is 15.4. The van der Waals surface area contributed by atoms with E-state index in [0.717, 1.165) is 32.1 Å². The zero-order valence-corrected chi connectivity index (χ0v) is 20.7. The van der Waals surface area contributed by atoms with Crippen molar-refractivity contribution in [1.29, 1.82) is 0 Å². The van der Waals surface area contributed by atoms with Gasteiger partial charge in [0.2, 0.25) is 0 Å². The van der Waals surface area contributed by atoms with E-state index in [1.54, 1.807) is 0 Å². The molecule has 0 heterocycles. The number of carbonyl (C=O) groups excluding carboxylic acids is 1. The molecule has 0 amide bonds. The number of carbonyl (C=O) groups is 1. The molecule has 190 valence electrons. The third kappa shape index (κ3) is 23.9. The van der Waals surface area contributed by atoms with Crippen molar-refractivity contribution in [1.82, 2.24) is 0 Å². The fraction of sp³-hybridized carbons (Fsp3) is 0.870. The van der Waals surface area contributed by atoms with Crippen molar-refractivity contribution in [3.05, 3.63) is 12.2 Å². The van der Waals surface area contributed by atoms with Crippen molar-refractivity contribution in [2.24, 2.45) is 0 Å². The Kier molecular flexibility index (Phi) is 21.5. The van der Waals surface area contributed by atoms with Crippen LogP contribution in [0.1, 0.15) is 96.8 Å². The molecule has 8 nitrogen and oxygen atoms in total. The number of phosphoric ester groups is 1. The quantitative estimate of drug-likeness (QED) is 0.0803. The van der Waals surface area contributed by atoms with Crippen LogP contribution in [0.4, 0.5) is 0 Å². The van der Waals surface area contributed by atoms with Crippen LogP contribution in [0.3, 0.4) is 0 Å². The number of esters is 1. The molecule has 3 N–H and O–H groups in total. The van der Waals surface area contributed by atoms with Crippen molar-refractivity contribution in [2.75, 3.05) is 26.4 Å². The van der Waals surface area contributed by atoms with Crippen LogP contribution >= 0.6 is 7.82 Å². The summed E-state index contributed by atoms with van der Waals surface area (Å²) in [5.41, 5.74) is 0. The molecule has 0 aliphatic heterocycles. The highest BCUT2D eigenvalue weighted by molar-refractivity contribution is 7.46. The Labute approximate surface area is 194 Å². The molecular weight excluding hydrogens is 435 g/mol. The third-order valence-corrected chi connectivity index (χ3v) is 5.39. The van der Waals surface area contributed by atoms with Crippen LogP contribution in [0.15, 0.2) is 12.2 Å². The normalized spacial score (nSPS) is 13.0. The van der Waals surface area contributed by atoms with Crippen LogP contribution < -0.4 is 0 Å². The molecular formula is C23H45O8P. The summed E-state index contributed by atoms with van der Waals surface area (Å²) in [6, 6.07) is 0. The molecule has 32 heavy (non-hydrogen) atoms. The molecule has 0 saturated heterocycles. The summed E-state index contributed by atoms with van der Waals surface area (Å²) in [6.45, 7) is 1.52. The van der Waals surface area contributed by atoms with Gasteiger partial charge in [-0.2, -0.15) is 0 Å². The minimum absolute atomic E-state index is 0.0399. The van der Waals surface area contributed by atoms with Crippen LogP contribution in [-0.4, -0.2) is 53.4 Å². The number of allylic oxidation sites excluding steroid dienone is 2. The predicted molar refractivity (Wildman–Crippen MR) is 125 cm³/mol. The Morgan fingerprint density at radius 2 is 1.44 bits per heavy atom. The Bertz CT molecular complexity index is 506. The Hall–Kier alpha value is -0.760. The van der Waals surface area contributed by atoms with Crippen molar-refractivity contribution >= 4 is 13.8 Å². The van der Waals surface area contributed by atoms with Gasteiger partial charge in [0.15, 0.2) is 0 Å². The molecule has 0 saturated carbocycles. The SMILES string of the molecule is CCCCCCCC/C=C\CCCCCCCC(=O)O[C@H](COCCO)COP(=O)(O)O. The number of hydrogen-bond acceptors (Lipinski definition) is 6. The standard InChI is InChI=1S/C23H45O8P/c1-2-3-4-5-6-7-8-9-10-11-12-13-14-15-16-17-23(25)31-22(20-29-19-18-24)21-30-32(26,27)28/h9-10,22,24H,2-8,11-21H2,1H3,(H2,26,27,28)/b10-9-/t22-/m1/s1. The van der Waals surface area contributed by atoms with E-state index < -0.39 is 26.5 Å². The Balaban J connectivity index is 3.71. The average Bonchev–Trinajstić information content (AvgIpc) is 2.74. The molecule has 0 aromatic carbocycles. The first kappa shape index (κ1) is 31.2. The summed E-state index contributed by atoms with van der Waals surface area (Å²) in [7, 11) is -4.66. The second-order valence-corrected chi connectivity index (χ2v) is 9.27. The fourth-order valence-electron chi connectivity index (χ4n) is 3.16. The smallest absolute Gasteiger partial charge is 0.457 e. The third-order valence-electron chi connectivity index (χ3n) is 4.91. The van der Waals surface area contributed by atoms with Gasteiger partial charge in [0.1, 0.15) is 6.10 Å². The van der Waals surface area contributed by atoms with Crippen LogP contribution in [0, 0.1) is 0 Å². The summed E-state index contributed by atoms with van der Waals surface area (Å²) in [4.78, 5) is 29.5. The number of aliphatic hydroxyl groups excluding tert-OH is 1. The van der Waals surface area contributed by atoms with Gasteiger partial charge in [-0.25, -0.2) is 4.57 Å². The van der Waals surface area contributed by atoms with Crippen LogP contribution in [0.5, 0.6) is 0 Å². The number of hydrogen-bond donors (Lipinski definition) is 3. The highest BCUT2D eigenvalue weighted by Crippen LogP contribution is 2.35. The molecule has 9 heteroatoms. The van der Waals surface area contributed by atoms with Gasteiger partial charge in [-0.15, -0.1) is 0 Å². The molecule has 0 aliphatic carbocycles. The number of rotatable bonds is 23. The summed E-state index contributed by atoms with van der Waals surface area (Å²) in [5.74, 6) is -0.450. The maximum atomic E-state index is 12.0. The van der Waals surface area contributed by atoms with E-state index >= 15 is 0 Å². The predicted octanol–water partition coefficient (Wildman–Crippen LogP) is 5.05. The van der Waals surface area contributed by atoms with Gasteiger partial charge in [-0.1, -0.05) is 70.4 Å². The lowest BCUT2D eigenvalue weighted by Gasteiger charge is -2.18. The summed E-state index contributed by atoms with van der Waals surface area (Å²) in [6.07, 6.45) is 19.1. The number of ether oxygens (including phenoxy) is 2. The molecule has 0 rings (SSSR count). The highest BCUT2D eigenvalue weighted by Gasteiger charge is 2.21. The molecule has 0 spiro atoms. The summed E-state index contributed by atoms with van der Waals surface area (Å²) in [5, 5.41) is 8.73. The van der Waals surface area contributed by atoms with Gasteiger partial charge in [-0.3, -0.25) is 9.32 Å². The fourth-order valence-corrected chi connectivity index (χ4v) is 3.52. The molecule has 0 aromatic heterocycles. The largest absolute Gasteiger partial charge is 0.469 e. The van der Waals surface area contributed by atoms with Crippen LogP contribution in [-0.2, 0) is 23.4 Å². The second-order valence-electron chi connectivity index (χ2n) is 8.03. The number of phosphoric acid groups is 1. The van der Waals surface area contributed by atoms with E-state index in [4.69, 9.17) is 24.4 Å². The van der Waals surface area contributed by atoms with Gasteiger partial charge in [0, 0.05) is 6.42 Å². The molecule has 0 aromatic rings. The number of unbranched alkanes of at least 4 members (excludes halogenated alkanes) is 11. The molecule has 0 unspecified atom stereocenters. The molecule has 0 fully saturated rings. The van der Waals surface area contributed by atoms with Crippen LogP contribution in [0.25, 0.3) is 0 Å². The lowest BCUT2D eigenvalue weighted by atomic mass is 10.1. The highest BCUT2D eigenvalue weighted by atomic mass is 31.2. The Morgan fingerprint density at radius 1 is 0.875 bits per heavy atom. The monoisotopic (exact) mass is 480 g/mol. The van der Waals surface area contributed by atoms with Gasteiger partial charge in [0.05, 0.1) is 26.4 Å². The van der Waals surface area contributed by atoms with Crippen molar-refractivity contribution in [3.63, 3.8) is 0 Å². The Morgan fingerprint density at radius 3 is 2.00 bits per heavy atom. The molecule has 1 atom stereocenters. The second kappa shape index (κ2) is 22.1. The first-order valence-corrected chi connectivity index (χ1v) is 13.6. The van der Waals surface area contributed by atoms with E-state index in [9.17, 15) is 9.36 Å². The maximum Gasteiger partial charge on any atom is 0.469 e. The van der Waals surface area contributed by atoms with Gasteiger partial charge < -0.3 is 24.4 Å². The lowest BCUT2D eigenvalue weighted by Crippen LogP contribution is -2.28. The molecule has 0 bridgehead atoms. The van der Waals surface area contributed by atoms with E-state index in [0.29, 0.717) is 6.42 Å². The number of aliphatic hydroxyl groups is 1. The van der Waals surface area contributed by atoms with Crippen LogP contribution in [0.2, 0.25) is 0 Å². The van der Waals surface area contributed by atoms with E-state index in [1.807, 2.05) is 0 Å². The lowest BCUT2D eigenvalue weighted by molar-refractivity contribution is -0.154. The van der Waals surface area contributed by atoms with Gasteiger partial charge in [-0.05, 0) is 32.1 Å². The zero-order valence-electron chi connectivity index (χ0n) is 19.8. The average molecular weight is 481 g/mol. The van der Waals surface area contributed by atoms with Gasteiger partial charge in [0.25, 0.3) is 0 Å². The maximum absolute atomic E-state index is 12.0. The van der Waals surface area contributed by atoms with Crippen molar-refractivity contribution in [3.8, 4) is 0 Å². The van der Waals surface area contributed by atoms with Crippen molar-refractivity contribution < 1.29 is 38.3 Å². The van der Waals surface area contributed by atoms with E-state index in [1.165, 1.54) is 44.9 Å². The van der Waals surface area contributed by atoms with E-state index in [-0.39, 0.29) is 26.2 Å². The summed E-state index contributed by atoms with van der Waals surface area (Å²) < 4.78 is 25.5. The zero-order chi connectivity index (χ0) is 23.9. The minimum atomic E-state index is -4.66. The topological polar surface area (TPSA) is 123 Å². The molecule has 0 radical (unpaired) electrons. The van der Waals surface area contributed by atoms with E-state index in [2.05, 4.69) is 23.6 Å². The first-order valence-electron chi connectivity index (χ1n) is 12.1. The minimum Gasteiger partial charge on any atom is -0.457 e. The van der Waals surface area contributed by atoms with Crippen molar-refractivity contribution in [2.45, 2.75) is 103 Å². The van der Waals surface area contributed by atoms with Gasteiger partial charge >= 0.3 is 13.8 Å². The summed E-state index contributed by atoms with van der Waals surface area (Å²) >= 11 is 0. The molecule has 0 aliphatic rings.